The van der Waals surface area contributed by atoms with Crippen LogP contribution in [0.3, 0.4) is 0 Å². The fourth-order valence-electron chi connectivity index (χ4n) is 4.18. The maximum absolute atomic E-state index is 13.0. The van der Waals surface area contributed by atoms with E-state index >= 15 is 0 Å². The molecule has 1 heterocycles. The molecule has 1 aromatic carbocycles. The Hall–Kier alpha value is -1.88. The average molecular weight is 418 g/mol. The molecule has 0 N–H and O–H groups in total. The van der Waals surface area contributed by atoms with E-state index in [1.807, 2.05) is 30.3 Å². The number of ether oxygens (including phenoxy) is 2. The number of rotatable bonds is 10. The number of esters is 2. The first-order chi connectivity index (χ1) is 14.2. The maximum Gasteiger partial charge on any atom is 0.352 e. The molecule has 0 radical (unpaired) electrons. The number of benzene rings is 1. The molecule has 1 aromatic rings. The van der Waals surface area contributed by atoms with Crippen LogP contribution in [0.5, 0.6) is 0 Å². The molecule has 5 nitrogen and oxygen atoms in total. The zero-order valence-corrected chi connectivity index (χ0v) is 19.4. The van der Waals surface area contributed by atoms with E-state index in [0.717, 1.165) is 32.1 Å². The lowest BCUT2D eigenvalue weighted by atomic mass is 9.85. The molecule has 1 aliphatic heterocycles. The molecule has 1 fully saturated rings. The summed E-state index contributed by atoms with van der Waals surface area (Å²) < 4.78 is 11.5. The van der Waals surface area contributed by atoms with Gasteiger partial charge in [-0.3, -0.25) is 9.69 Å². The Labute approximate surface area is 182 Å². The Morgan fingerprint density at radius 1 is 1.13 bits per heavy atom. The molecule has 3 unspecified atom stereocenters. The van der Waals surface area contributed by atoms with Gasteiger partial charge in [-0.2, -0.15) is 0 Å². The summed E-state index contributed by atoms with van der Waals surface area (Å²) in [5.41, 5.74) is 0.599. The second-order valence-electron chi connectivity index (χ2n) is 9.22. The van der Waals surface area contributed by atoms with Crippen molar-refractivity contribution >= 4 is 11.9 Å². The first-order valence-electron chi connectivity index (χ1n) is 11.4. The fourth-order valence-corrected chi connectivity index (χ4v) is 4.18. The SMILES string of the molecule is CCCCCCCC(=O)OC(C(=O)OC1CC(C)N(C)C(C)(C)C1)c1ccccc1. The third-order valence-electron chi connectivity index (χ3n) is 6.28. The van der Waals surface area contributed by atoms with Gasteiger partial charge in [-0.1, -0.05) is 62.9 Å². The van der Waals surface area contributed by atoms with Crippen LogP contribution >= 0.6 is 0 Å². The maximum atomic E-state index is 13.0. The van der Waals surface area contributed by atoms with Gasteiger partial charge in [-0.15, -0.1) is 0 Å². The highest BCUT2D eigenvalue weighted by molar-refractivity contribution is 5.81. The van der Waals surface area contributed by atoms with Crippen LogP contribution in [0.25, 0.3) is 0 Å². The lowest BCUT2D eigenvalue weighted by Crippen LogP contribution is -2.54. The van der Waals surface area contributed by atoms with Gasteiger partial charge in [0.25, 0.3) is 0 Å². The zero-order valence-electron chi connectivity index (χ0n) is 19.4. The molecule has 168 valence electrons. The lowest BCUT2D eigenvalue weighted by molar-refractivity contribution is -0.176. The third kappa shape index (κ3) is 7.12. The van der Waals surface area contributed by atoms with Crippen molar-refractivity contribution in [3.63, 3.8) is 0 Å². The Kier molecular flexibility index (Phi) is 9.35. The molecule has 0 amide bonds. The van der Waals surface area contributed by atoms with Crippen LogP contribution in [0, 0.1) is 0 Å². The number of nitrogens with zero attached hydrogens (tertiary/aromatic N) is 1. The van der Waals surface area contributed by atoms with Crippen molar-refractivity contribution in [2.45, 2.75) is 103 Å². The first-order valence-corrected chi connectivity index (χ1v) is 11.4. The van der Waals surface area contributed by atoms with E-state index in [4.69, 9.17) is 9.47 Å². The quantitative estimate of drug-likeness (QED) is 0.375. The van der Waals surface area contributed by atoms with Crippen molar-refractivity contribution in [1.82, 2.24) is 4.90 Å². The van der Waals surface area contributed by atoms with Crippen LogP contribution in [0.1, 0.15) is 90.7 Å². The summed E-state index contributed by atoms with van der Waals surface area (Å²) in [6.07, 6.45) is 5.94. The number of carbonyl (C=O) groups excluding carboxylic acids is 2. The highest BCUT2D eigenvalue weighted by atomic mass is 16.6. The predicted octanol–water partition coefficient (Wildman–Crippen LogP) is 5.44. The minimum absolute atomic E-state index is 0.0555. The van der Waals surface area contributed by atoms with Crippen LogP contribution in [0.4, 0.5) is 0 Å². The fraction of sp³-hybridized carbons (Fsp3) is 0.680. The van der Waals surface area contributed by atoms with Crippen molar-refractivity contribution < 1.29 is 19.1 Å². The molecule has 0 aromatic heterocycles. The summed E-state index contributed by atoms with van der Waals surface area (Å²) in [7, 11) is 2.11. The first kappa shape index (κ1) is 24.4. The second kappa shape index (κ2) is 11.5. The van der Waals surface area contributed by atoms with Crippen molar-refractivity contribution in [2.75, 3.05) is 7.05 Å². The molecule has 3 atom stereocenters. The zero-order chi connectivity index (χ0) is 22.1. The van der Waals surface area contributed by atoms with Gasteiger partial charge in [0.05, 0.1) is 0 Å². The molecule has 1 saturated heterocycles. The molecular weight excluding hydrogens is 378 g/mol. The minimum atomic E-state index is -1.01. The highest BCUT2D eigenvalue weighted by Crippen LogP contribution is 2.33. The summed E-state index contributed by atoms with van der Waals surface area (Å²) in [6, 6.07) is 9.49. The van der Waals surface area contributed by atoms with E-state index in [1.165, 1.54) is 12.8 Å². The van der Waals surface area contributed by atoms with E-state index in [0.29, 0.717) is 18.0 Å². The molecule has 30 heavy (non-hydrogen) atoms. The smallest absolute Gasteiger partial charge is 0.352 e. The molecule has 0 bridgehead atoms. The Morgan fingerprint density at radius 3 is 2.43 bits per heavy atom. The highest BCUT2D eigenvalue weighted by Gasteiger charge is 2.39. The van der Waals surface area contributed by atoms with Gasteiger partial charge in [0.1, 0.15) is 6.10 Å². The second-order valence-corrected chi connectivity index (χ2v) is 9.22. The van der Waals surface area contributed by atoms with E-state index in [2.05, 4.69) is 39.6 Å². The number of likely N-dealkylation sites (tertiary alicyclic amines) is 1. The largest absolute Gasteiger partial charge is 0.459 e. The summed E-state index contributed by atoms with van der Waals surface area (Å²) in [4.78, 5) is 27.8. The van der Waals surface area contributed by atoms with Crippen LogP contribution in [0.15, 0.2) is 30.3 Å². The lowest BCUT2D eigenvalue weighted by Gasteiger charge is -2.47. The number of piperidine rings is 1. The van der Waals surface area contributed by atoms with Gasteiger partial charge in [0, 0.05) is 30.0 Å². The number of hydrogen-bond donors (Lipinski definition) is 0. The van der Waals surface area contributed by atoms with Crippen LogP contribution in [0.2, 0.25) is 0 Å². The summed E-state index contributed by atoms with van der Waals surface area (Å²) in [5.74, 6) is -0.813. The molecule has 0 aliphatic carbocycles. The Bertz CT molecular complexity index is 673. The molecule has 1 aliphatic rings. The van der Waals surface area contributed by atoms with Crippen molar-refractivity contribution in [1.29, 1.82) is 0 Å². The monoisotopic (exact) mass is 417 g/mol. The summed E-state index contributed by atoms with van der Waals surface area (Å²) in [5, 5.41) is 0. The molecule has 5 heteroatoms. The molecule has 0 spiro atoms. The normalized spacial score (nSPS) is 22.3. The summed E-state index contributed by atoms with van der Waals surface area (Å²) in [6.45, 7) is 8.64. The van der Waals surface area contributed by atoms with Crippen LogP contribution in [-0.4, -0.2) is 41.6 Å². The van der Waals surface area contributed by atoms with Gasteiger partial charge < -0.3 is 9.47 Å². The van der Waals surface area contributed by atoms with Crippen molar-refractivity contribution in [3.8, 4) is 0 Å². The Balaban J connectivity index is 2.01. The van der Waals surface area contributed by atoms with E-state index < -0.39 is 12.1 Å². The predicted molar refractivity (Wildman–Crippen MR) is 119 cm³/mol. The number of unbranched alkanes of at least 4 members (excludes halogenated alkanes) is 4. The van der Waals surface area contributed by atoms with Crippen molar-refractivity contribution in [3.05, 3.63) is 35.9 Å². The molecule has 2 rings (SSSR count). The van der Waals surface area contributed by atoms with E-state index in [9.17, 15) is 9.59 Å². The van der Waals surface area contributed by atoms with Gasteiger partial charge >= 0.3 is 11.9 Å². The van der Waals surface area contributed by atoms with Crippen molar-refractivity contribution in [2.24, 2.45) is 0 Å². The van der Waals surface area contributed by atoms with Gasteiger partial charge in [0.15, 0.2) is 0 Å². The van der Waals surface area contributed by atoms with Gasteiger partial charge in [-0.05, 0) is 40.7 Å². The summed E-state index contributed by atoms with van der Waals surface area (Å²) >= 11 is 0. The standard InChI is InChI=1S/C25H39NO4/c1-6-7-8-9-13-16-22(27)30-23(20-14-11-10-12-15-20)24(28)29-21-17-19(2)26(5)25(3,4)18-21/h10-12,14-15,19,21,23H,6-9,13,16-18H2,1-5H3. The molecule has 0 saturated carbocycles. The number of hydrogen-bond acceptors (Lipinski definition) is 5. The Morgan fingerprint density at radius 2 is 1.80 bits per heavy atom. The average Bonchev–Trinajstić information content (AvgIpc) is 2.70. The van der Waals surface area contributed by atoms with E-state index in [-0.39, 0.29) is 17.6 Å². The van der Waals surface area contributed by atoms with Crippen LogP contribution in [-0.2, 0) is 19.1 Å². The van der Waals surface area contributed by atoms with Gasteiger partial charge in [-0.25, -0.2) is 4.79 Å². The number of carbonyl (C=O) groups is 2. The topological polar surface area (TPSA) is 55.8 Å². The van der Waals surface area contributed by atoms with Crippen LogP contribution < -0.4 is 0 Å². The molecular formula is C25H39NO4. The third-order valence-corrected chi connectivity index (χ3v) is 6.28. The minimum Gasteiger partial charge on any atom is -0.459 e. The van der Waals surface area contributed by atoms with E-state index in [1.54, 1.807) is 0 Å². The van der Waals surface area contributed by atoms with Gasteiger partial charge in [0.2, 0.25) is 6.10 Å².